The van der Waals surface area contributed by atoms with Gasteiger partial charge in [-0.1, -0.05) is 48.0 Å². The maximum absolute atomic E-state index is 12.0. The van der Waals surface area contributed by atoms with Crippen molar-refractivity contribution in [2.75, 3.05) is 0 Å². The molecular formula is C17H14BrNO2. The van der Waals surface area contributed by atoms with Crippen molar-refractivity contribution in [3.8, 4) is 0 Å². The third-order valence-electron chi connectivity index (χ3n) is 2.82. The van der Waals surface area contributed by atoms with Gasteiger partial charge in [-0.15, -0.1) is 0 Å². The molecule has 0 aromatic heterocycles. The highest BCUT2D eigenvalue weighted by Crippen LogP contribution is 2.12. The van der Waals surface area contributed by atoms with E-state index in [1.54, 1.807) is 24.3 Å². The van der Waals surface area contributed by atoms with Crippen LogP contribution in [0.15, 0.2) is 59.1 Å². The second-order valence-corrected chi connectivity index (χ2v) is 5.41. The molecule has 0 aliphatic heterocycles. The Labute approximate surface area is 131 Å². The Morgan fingerprint density at radius 2 is 1.76 bits per heavy atom. The molecule has 2 aromatic carbocycles. The molecule has 4 heteroatoms. The largest absolute Gasteiger partial charge is 0.288 e. The van der Waals surface area contributed by atoms with Crippen LogP contribution in [0.1, 0.15) is 21.5 Å². The first-order valence-corrected chi connectivity index (χ1v) is 7.20. The topological polar surface area (TPSA) is 46.2 Å². The molecule has 3 nitrogen and oxygen atoms in total. The lowest BCUT2D eigenvalue weighted by atomic mass is 10.1. The minimum Gasteiger partial charge on any atom is -0.288 e. The van der Waals surface area contributed by atoms with Crippen LogP contribution in [-0.4, -0.2) is 11.8 Å². The Hall–Kier alpha value is -2.20. The fourth-order valence-electron chi connectivity index (χ4n) is 1.78. The van der Waals surface area contributed by atoms with Crippen molar-refractivity contribution in [3.05, 3.63) is 75.8 Å². The summed E-state index contributed by atoms with van der Waals surface area (Å²) in [5, 5.41) is 2.35. The zero-order chi connectivity index (χ0) is 15.2. The number of hydrogen-bond donors (Lipinski definition) is 1. The Bertz CT molecular complexity index is 693. The van der Waals surface area contributed by atoms with Crippen molar-refractivity contribution in [3.63, 3.8) is 0 Å². The molecule has 0 aliphatic rings. The zero-order valence-corrected chi connectivity index (χ0v) is 13.1. The van der Waals surface area contributed by atoms with Gasteiger partial charge in [-0.25, -0.2) is 0 Å². The molecule has 2 amide bonds. The average molecular weight is 344 g/mol. The smallest absolute Gasteiger partial charge is 0.265 e. The molecule has 0 bridgehead atoms. The number of hydrogen-bond acceptors (Lipinski definition) is 2. The van der Waals surface area contributed by atoms with Gasteiger partial charge >= 0.3 is 0 Å². The van der Waals surface area contributed by atoms with Gasteiger partial charge in [0.25, 0.3) is 11.8 Å². The van der Waals surface area contributed by atoms with Gasteiger partial charge in [0.2, 0.25) is 0 Å². The molecule has 0 atom stereocenters. The summed E-state index contributed by atoms with van der Waals surface area (Å²) in [6.07, 6.45) is 1.67. The van der Waals surface area contributed by atoms with E-state index >= 15 is 0 Å². The SMILES string of the molecule is Cc1cccc(C(=O)NC(=O)/C(Br)=C/c2ccccc2)c1. The van der Waals surface area contributed by atoms with Crippen LogP contribution in [0.3, 0.4) is 0 Å². The van der Waals surface area contributed by atoms with Crippen LogP contribution in [-0.2, 0) is 4.79 Å². The second kappa shape index (κ2) is 6.99. The molecule has 21 heavy (non-hydrogen) atoms. The van der Waals surface area contributed by atoms with Gasteiger partial charge in [-0.05, 0) is 46.6 Å². The number of benzene rings is 2. The first kappa shape index (κ1) is 15.2. The van der Waals surface area contributed by atoms with Crippen molar-refractivity contribution < 1.29 is 9.59 Å². The summed E-state index contributed by atoms with van der Waals surface area (Å²) in [6, 6.07) is 16.5. The van der Waals surface area contributed by atoms with E-state index in [2.05, 4.69) is 21.2 Å². The molecule has 0 fully saturated rings. The highest BCUT2D eigenvalue weighted by molar-refractivity contribution is 9.12. The number of carbonyl (C=O) groups excluding carboxylic acids is 2. The highest BCUT2D eigenvalue weighted by atomic mass is 79.9. The van der Waals surface area contributed by atoms with E-state index in [1.807, 2.05) is 43.3 Å². The van der Waals surface area contributed by atoms with Gasteiger partial charge in [0.05, 0.1) is 4.48 Å². The normalized spacial score (nSPS) is 11.0. The summed E-state index contributed by atoms with van der Waals surface area (Å²) < 4.78 is 0.301. The third kappa shape index (κ3) is 4.39. The number of aryl methyl sites for hydroxylation is 1. The predicted molar refractivity (Wildman–Crippen MR) is 87.0 cm³/mol. The zero-order valence-electron chi connectivity index (χ0n) is 11.5. The summed E-state index contributed by atoms with van der Waals surface area (Å²) in [6.45, 7) is 1.89. The molecule has 1 N–H and O–H groups in total. The van der Waals surface area contributed by atoms with Crippen LogP contribution in [0.2, 0.25) is 0 Å². The highest BCUT2D eigenvalue weighted by Gasteiger charge is 2.12. The summed E-state index contributed by atoms with van der Waals surface area (Å²) in [4.78, 5) is 24.0. The summed E-state index contributed by atoms with van der Waals surface area (Å²) in [5.41, 5.74) is 2.31. The molecule has 106 valence electrons. The molecule has 2 rings (SSSR count). The monoisotopic (exact) mass is 343 g/mol. The molecular weight excluding hydrogens is 330 g/mol. The number of rotatable bonds is 3. The first-order valence-electron chi connectivity index (χ1n) is 6.41. The second-order valence-electron chi connectivity index (χ2n) is 4.56. The van der Waals surface area contributed by atoms with Crippen molar-refractivity contribution in [2.45, 2.75) is 6.92 Å². The van der Waals surface area contributed by atoms with Crippen LogP contribution in [0.25, 0.3) is 6.08 Å². The van der Waals surface area contributed by atoms with Crippen LogP contribution >= 0.6 is 15.9 Å². The fourth-order valence-corrected chi connectivity index (χ4v) is 2.15. The van der Waals surface area contributed by atoms with Crippen LogP contribution in [0.4, 0.5) is 0 Å². The van der Waals surface area contributed by atoms with Gasteiger partial charge in [-0.3, -0.25) is 14.9 Å². The van der Waals surface area contributed by atoms with Crippen LogP contribution in [0, 0.1) is 6.92 Å². The molecule has 0 spiro atoms. The van der Waals surface area contributed by atoms with E-state index in [0.29, 0.717) is 10.0 Å². The van der Waals surface area contributed by atoms with Gasteiger partial charge in [0.15, 0.2) is 0 Å². The van der Waals surface area contributed by atoms with Gasteiger partial charge < -0.3 is 0 Å². The van der Waals surface area contributed by atoms with Crippen molar-refractivity contribution in [1.82, 2.24) is 5.32 Å². The van der Waals surface area contributed by atoms with Crippen molar-refractivity contribution in [1.29, 1.82) is 0 Å². The fraction of sp³-hybridized carbons (Fsp3) is 0.0588. The summed E-state index contributed by atoms with van der Waals surface area (Å²) >= 11 is 3.19. The standard InChI is InChI=1S/C17H14BrNO2/c1-12-6-5-9-14(10-12)16(20)19-17(21)15(18)11-13-7-3-2-4-8-13/h2-11H,1H3,(H,19,20,21)/b15-11-. The van der Waals surface area contributed by atoms with E-state index in [-0.39, 0.29) is 0 Å². The van der Waals surface area contributed by atoms with Gasteiger partial charge in [0, 0.05) is 5.56 Å². The molecule has 0 aliphatic carbocycles. The number of halogens is 1. The van der Waals surface area contributed by atoms with Crippen molar-refractivity contribution >= 4 is 33.8 Å². The maximum Gasteiger partial charge on any atom is 0.265 e. The minimum atomic E-state index is -0.467. The summed E-state index contributed by atoms with van der Waals surface area (Å²) in [7, 11) is 0. The van der Waals surface area contributed by atoms with Crippen LogP contribution in [0.5, 0.6) is 0 Å². The van der Waals surface area contributed by atoms with E-state index in [9.17, 15) is 9.59 Å². The Kier molecular flexibility index (Phi) is 5.06. The number of nitrogens with one attached hydrogen (secondary N) is 1. The van der Waals surface area contributed by atoms with Gasteiger partial charge in [-0.2, -0.15) is 0 Å². The Morgan fingerprint density at radius 3 is 2.43 bits per heavy atom. The molecule has 2 aromatic rings. The lowest BCUT2D eigenvalue weighted by Gasteiger charge is -2.04. The van der Waals surface area contributed by atoms with E-state index in [0.717, 1.165) is 11.1 Å². The lowest BCUT2D eigenvalue weighted by molar-refractivity contribution is -0.115. The van der Waals surface area contributed by atoms with E-state index in [4.69, 9.17) is 0 Å². The first-order chi connectivity index (χ1) is 10.1. The quantitative estimate of drug-likeness (QED) is 0.864. The van der Waals surface area contributed by atoms with E-state index in [1.165, 1.54) is 0 Å². The maximum atomic E-state index is 12.0. The predicted octanol–water partition coefficient (Wildman–Crippen LogP) is 3.69. The van der Waals surface area contributed by atoms with Gasteiger partial charge in [0.1, 0.15) is 0 Å². The molecule has 0 radical (unpaired) electrons. The minimum absolute atomic E-state index is 0.301. The average Bonchev–Trinajstić information content (AvgIpc) is 2.48. The lowest BCUT2D eigenvalue weighted by Crippen LogP contribution is -2.30. The number of carbonyl (C=O) groups is 2. The number of amides is 2. The number of imide groups is 1. The Balaban J connectivity index is 2.07. The molecule has 0 heterocycles. The van der Waals surface area contributed by atoms with E-state index < -0.39 is 11.8 Å². The Morgan fingerprint density at radius 1 is 1.05 bits per heavy atom. The van der Waals surface area contributed by atoms with Crippen molar-refractivity contribution in [2.24, 2.45) is 0 Å². The third-order valence-corrected chi connectivity index (χ3v) is 3.41. The molecule has 0 unspecified atom stereocenters. The molecule has 0 saturated carbocycles. The summed E-state index contributed by atoms with van der Waals surface area (Å²) in [5.74, 6) is -0.882. The molecule has 0 saturated heterocycles. The van der Waals surface area contributed by atoms with Crippen LogP contribution < -0.4 is 5.32 Å².